The largest absolute Gasteiger partial charge is 0.389 e. The zero-order chi connectivity index (χ0) is 13.5. The summed E-state index contributed by atoms with van der Waals surface area (Å²) in [4.78, 5) is 16.1. The van der Waals surface area contributed by atoms with Gasteiger partial charge in [-0.3, -0.25) is 9.78 Å². The third-order valence-corrected chi connectivity index (χ3v) is 3.80. The molecule has 0 aromatic carbocycles. The molecule has 0 aliphatic carbocycles. The van der Waals surface area contributed by atoms with Crippen molar-refractivity contribution < 1.29 is 4.79 Å². The number of carbonyl (C=O) groups is 1. The number of nitrogens with zero attached hydrogens (tertiary/aromatic N) is 1. The van der Waals surface area contributed by atoms with E-state index in [0.717, 1.165) is 6.42 Å². The number of hydrogen-bond acceptors (Lipinski definition) is 4. The Morgan fingerprint density at radius 3 is 2.83 bits per heavy atom. The fourth-order valence-corrected chi connectivity index (χ4v) is 1.75. The maximum atomic E-state index is 11.8. The molecule has 0 radical (unpaired) electrons. The minimum absolute atomic E-state index is 0.169. The highest BCUT2D eigenvalue weighted by atomic mass is 32.2. The number of aromatic nitrogens is 1. The molecule has 1 atom stereocenters. The zero-order valence-corrected chi connectivity index (χ0v) is 12.1. The molecule has 1 heterocycles. The lowest BCUT2D eigenvalue weighted by Gasteiger charge is -2.09. The van der Waals surface area contributed by atoms with E-state index in [1.165, 1.54) is 6.20 Å². The van der Waals surface area contributed by atoms with E-state index in [4.69, 9.17) is 18.0 Å². The predicted molar refractivity (Wildman–Crippen MR) is 80.1 cm³/mol. The standard InChI is InChI=1S/C12H17N3OS2/c1-8(18-2)5-6-14-12(16)10-4-3-9(7-15-10)11(13)17/h3-4,7-8H,5-6H2,1-2H3,(H2,13,17)(H,14,16). The summed E-state index contributed by atoms with van der Waals surface area (Å²) < 4.78 is 0. The lowest BCUT2D eigenvalue weighted by molar-refractivity contribution is 0.0948. The van der Waals surface area contributed by atoms with Crippen molar-refractivity contribution >= 4 is 34.9 Å². The first-order valence-electron chi connectivity index (χ1n) is 5.61. The molecule has 0 aliphatic heterocycles. The Bertz CT molecular complexity index is 420. The van der Waals surface area contributed by atoms with Crippen molar-refractivity contribution in [2.75, 3.05) is 12.8 Å². The molecule has 0 saturated heterocycles. The molecule has 1 rings (SSSR count). The molecule has 1 aromatic rings. The summed E-state index contributed by atoms with van der Waals surface area (Å²) in [7, 11) is 0. The highest BCUT2D eigenvalue weighted by Crippen LogP contribution is 2.08. The van der Waals surface area contributed by atoms with Gasteiger partial charge in [-0.25, -0.2) is 0 Å². The molecule has 1 aromatic heterocycles. The summed E-state index contributed by atoms with van der Waals surface area (Å²) in [6.07, 6.45) is 4.52. The molecule has 6 heteroatoms. The topological polar surface area (TPSA) is 68.0 Å². The number of carbonyl (C=O) groups excluding carboxylic acids is 1. The maximum Gasteiger partial charge on any atom is 0.269 e. The quantitative estimate of drug-likeness (QED) is 0.776. The molecular weight excluding hydrogens is 266 g/mol. The fourth-order valence-electron chi connectivity index (χ4n) is 1.27. The van der Waals surface area contributed by atoms with Gasteiger partial charge < -0.3 is 11.1 Å². The summed E-state index contributed by atoms with van der Waals surface area (Å²) in [5.74, 6) is -0.169. The van der Waals surface area contributed by atoms with Crippen molar-refractivity contribution in [3.8, 4) is 0 Å². The second-order valence-corrected chi connectivity index (χ2v) is 5.60. The minimum Gasteiger partial charge on any atom is -0.389 e. The SMILES string of the molecule is CSC(C)CCNC(=O)c1ccc(C(N)=S)cn1. The number of thiocarbonyl (C=S) groups is 1. The van der Waals surface area contributed by atoms with Crippen molar-refractivity contribution in [3.63, 3.8) is 0 Å². The molecule has 98 valence electrons. The maximum absolute atomic E-state index is 11.8. The van der Waals surface area contributed by atoms with Crippen LogP contribution in [-0.4, -0.2) is 33.9 Å². The fraction of sp³-hybridized carbons (Fsp3) is 0.417. The van der Waals surface area contributed by atoms with E-state index in [1.54, 1.807) is 23.9 Å². The van der Waals surface area contributed by atoms with Crippen LogP contribution in [0.4, 0.5) is 0 Å². The second-order valence-electron chi connectivity index (χ2n) is 3.89. The van der Waals surface area contributed by atoms with Gasteiger partial charge in [-0.1, -0.05) is 19.1 Å². The Labute approximate surface area is 117 Å². The third kappa shape index (κ3) is 4.62. The Morgan fingerprint density at radius 1 is 1.61 bits per heavy atom. The van der Waals surface area contributed by atoms with Gasteiger partial charge in [-0.05, 0) is 24.8 Å². The number of amides is 1. The van der Waals surface area contributed by atoms with Gasteiger partial charge >= 0.3 is 0 Å². The van der Waals surface area contributed by atoms with Gasteiger partial charge in [0, 0.05) is 23.6 Å². The Balaban J connectivity index is 2.49. The number of nitrogens with two attached hydrogens (primary N) is 1. The van der Waals surface area contributed by atoms with Crippen LogP contribution >= 0.6 is 24.0 Å². The number of nitrogens with one attached hydrogen (secondary N) is 1. The third-order valence-electron chi connectivity index (χ3n) is 2.52. The number of pyridine rings is 1. The van der Waals surface area contributed by atoms with Crippen molar-refractivity contribution in [1.29, 1.82) is 0 Å². The van der Waals surface area contributed by atoms with Crippen LogP contribution in [0.5, 0.6) is 0 Å². The zero-order valence-electron chi connectivity index (χ0n) is 10.5. The average molecular weight is 283 g/mol. The molecule has 1 amide bonds. The Hall–Kier alpha value is -1.14. The van der Waals surface area contributed by atoms with Gasteiger partial charge in [0.1, 0.15) is 10.7 Å². The summed E-state index contributed by atoms with van der Waals surface area (Å²) in [6.45, 7) is 2.78. The molecule has 0 aliphatic rings. The average Bonchev–Trinajstić information content (AvgIpc) is 2.38. The van der Waals surface area contributed by atoms with Crippen LogP contribution in [-0.2, 0) is 0 Å². The van der Waals surface area contributed by atoms with Crippen molar-refractivity contribution in [2.45, 2.75) is 18.6 Å². The molecular formula is C12H17N3OS2. The molecule has 18 heavy (non-hydrogen) atoms. The smallest absolute Gasteiger partial charge is 0.269 e. The lowest BCUT2D eigenvalue weighted by Crippen LogP contribution is -2.27. The van der Waals surface area contributed by atoms with Crippen LogP contribution in [0.25, 0.3) is 0 Å². The molecule has 0 spiro atoms. The normalized spacial score (nSPS) is 11.9. The number of thioether (sulfide) groups is 1. The monoisotopic (exact) mass is 283 g/mol. The number of rotatable bonds is 6. The molecule has 0 bridgehead atoms. The van der Waals surface area contributed by atoms with Crippen LogP contribution in [0.3, 0.4) is 0 Å². The van der Waals surface area contributed by atoms with Gasteiger partial charge in [0.25, 0.3) is 5.91 Å². The number of hydrogen-bond donors (Lipinski definition) is 2. The van der Waals surface area contributed by atoms with Crippen molar-refractivity contribution in [1.82, 2.24) is 10.3 Å². The van der Waals surface area contributed by atoms with Crippen LogP contribution in [0.1, 0.15) is 29.4 Å². The van der Waals surface area contributed by atoms with E-state index in [2.05, 4.69) is 23.5 Å². The van der Waals surface area contributed by atoms with E-state index >= 15 is 0 Å². The molecule has 0 fully saturated rings. The van der Waals surface area contributed by atoms with Crippen LogP contribution in [0, 0.1) is 0 Å². The minimum atomic E-state index is -0.169. The summed E-state index contributed by atoms with van der Waals surface area (Å²) in [6, 6.07) is 3.33. The van der Waals surface area contributed by atoms with Gasteiger partial charge in [-0.15, -0.1) is 0 Å². The first-order valence-corrected chi connectivity index (χ1v) is 7.31. The molecule has 3 N–H and O–H groups in total. The van der Waals surface area contributed by atoms with Gasteiger partial charge in [0.2, 0.25) is 0 Å². The first kappa shape index (κ1) is 14.9. The van der Waals surface area contributed by atoms with Crippen molar-refractivity contribution in [3.05, 3.63) is 29.6 Å². The lowest BCUT2D eigenvalue weighted by atomic mass is 10.2. The molecule has 4 nitrogen and oxygen atoms in total. The van der Waals surface area contributed by atoms with E-state index in [0.29, 0.717) is 23.1 Å². The Morgan fingerprint density at radius 2 is 2.33 bits per heavy atom. The van der Waals surface area contributed by atoms with Gasteiger partial charge in [0.15, 0.2) is 0 Å². The van der Waals surface area contributed by atoms with E-state index in [1.807, 2.05) is 0 Å². The van der Waals surface area contributed by atoms with Gasteiger partial charge in [-0.2, -0.15) is 11.8 Å². The van der Waals surface area contributed by atoms with E-state index in [9.17, 15) is 4.79 Å². The second kappa shape index (κ2) is 7.33. The van der Waals surface area contributed by atoms with Crippen LogP contribution in [0.2, 0.25) is 0 Å². The molecule has 1 unspecified atom stereocenters. The highest BCUT2D eigenvalue weighted by molar-refractivity contribution is 7.99. The van der Waals surface area contributed by atoms with Crippen molar-refractivity contribution in [2.24, 2.45) is 5.73 Å². The van der Waals surface area contributed by atoms with E-state index < -0.39 is 0 Å². The first-order chi connectivity index (χ1) is 8.54. The predicted octanol–water partition coefficient (Wildman–Crippen LogP) is 1.59. The van der Waals surface area contributed by atoms with Crippen LogP contribution < -0.4 is 11.1 Å². The highest BCUT2D eigenvalue weighted by Gasteiger charge is 2.08. The summed E-state index contributed by atoms with van der Waals surface area (Å²) in [5, 5.41) is 3.37. The van der Waals surface area contributed by atoms with E-state index in [-0.39, 0.29) is 10.9 Å². The molecule has 0 saturated carbocycles. The summed E-state index contributed by atoms with van der Waals surface area (Å²) >= 11 is 6.60. The summed E-state index contributed by atoms with van der Waals surface area (Å²) in [5.41, 5.74) is 6.50. The Kier molecular flexibility index (Phi) is 6.07. The van der Waals surface area contributed by atoms with Crippen LogP contribution in [0.15, 0.2) is 18.3 Å². The van der Waals surface area contributed by atoms with Gasteiger partial charge in [0.05, 0.1) is 0 Å².